The van der Waals surface area contributed by atoms with Crippen LogP contribution < -0.4 is 5.32 Å². The predicted molar refractivity (Wildman–Crippen MR) is 74.4 cm³/mol. The van der Waals surface area contributed by atoms with Gasteiger partial charge >= 0.3 is 6.18 Å². The molecule has 0 aliphatic carbocycles. The Morgan fingerprint density at radius 3 is 2.32 bits per heavy atom. The number of carbonyl (C=O) groups excluding carboxylic acids is 1. The molecule has 1 amide bonds. The summed E-state index contributed by atoms with van der Waals surface area (Å²) in [6, 6.07) is 8.64. The van der Waals surface area contributed by atoms with Crippen LogP contribution in [0.1, 0.15) is 21.6 Å². The number of carbonyl (C=O) groups is 1. The van der Waals surface area contributed by atoms with Crippen molar-refractivity contribution >= 4 is 11.6 Å². The lowest BCUT2D eigenvalue weighted by Gasteiger charge is -2.08. The Morgan fingerprint density at radius 2 is 1.82 bits per heavy atom. The van der Waals surface area contributed by atoms with E-state index < -0.39 is 17.8 Å². The first kappa shape index (κ1) is 16.0. The van der Waals surface area contributed by atoms with Gasteiger partial charge in [0.25, 0.3) is 5.91 Å². The van der Waals surface area contributed by atoms with Crippen molar-refractivity contribution in [2.75, 3.05) is 11.9 Å². The van der Waals surface area contributed by atoms with Gasteiger partial charge in [0.05, 0.1) is 5.56 Å². The standard InChI is InChI=1S/C15H13F3N2O2/c16-15(17,18)13-6-3-11(9-19-13)14(22)20-12-4-1-10(2-5-12)7-8-21/h1-6,9,21H,7-8H2,(H,20,22). The third-order valence-corrected chi connectivity index (χ3v) is 2.93. The van der Waals surface area contributed by atoms with Crippen LogP contribution in [0.5, 0.6) is 0 Å². The molecule has 0 spiro atoms. The molecule has 0 fully saturated rings. The Morgan fingerprint density at radius 1 is 1.14 bits per heavy atom. The second-order valence-corrected chi connectivity index (χ2v) is 4.55. The van der Waals surface area contributed by atoms with E-state index in [1.807, 2.05) is 0 Å². The Hall–Kier alpha value is -2.41. The Kier molecular flexibility index (Phi) is 4.77. The second-order valence-electron chi connectivity index (χ2n) is 4.55. The maximum Gasteiger partial charge on any atom is 0.433 e. The summed E-state index contributed by atoms with van der Waals surface area (Å²) in [6.45, 7) is 0.0307. The van der Waals surface area contributed by atoms with Gasteiger partial charge in [-0.05, 0) is 36.2 Å². The lowest BCUT2D eigenvalue weighted by Crippen LogP contribution is -2.14. The minimum atomic E-state index is -4.53. The smallest absolute Gasteiger partial charge is 0.396 e. The number of pyridine rings is 1. The third-order valence-electron chi connectivity index (χ3n) is 2.93. The van der Waals surface area contributed by atoms with Crippen molar-refractivity contribution in [2.45, 2.75) is 12.6 Å². The topological polar surface area (TPSA) is 62.2 Å². The number of nitrogens with zero attached hydrogens (tertiary/aromatic N) is 1. The first-order valence-electron chi connectivity index (χ1n) is 6.44. The monoisotopic (exact) mass is 310 g/mol. The molecular formula is C15H13F3N2O2. The van der Waals surface area contributed by atoms with Crippen molar-refractivity contribution in [1.82, 2.24) is 4.98 Å². The van der Waals surface area contributed by atoms with Gasteiger partial charge in [-0.3, -0.25) is 9.78 Å². The molecule has 1 aromatic carbocycles. The average Bonchev–Trinajstić information content (AvgIpc) is 2.49. The number of hydrogen-bond acceptors (Lipinski definition) is 3. The molecule has 22 heavy (non-hydrogen) atoms. The number of anilines is 1. The van der Waals surface area contributed by atoms with Crippen molar-refractivity contribution in [3.63, 3.8) is 0 Å². The van der Waals surface area contributed by atoms with Crippen LogP contribution in [0.4, 0.5) is 18.9 Å². The normalized spacial score (nSPS) is 11.3. The van der Waals surface area contributed by atoms with Gasteiger partial charge in [-0.1, -0.05) is 12.1 Å². The van der Waals surface area contributed by atoms with Gasteiger partial charge < -0.3 is 10.4 Å². The number of halogens is 3. The molecule has 0 saturated heterocycles. The minimum absolute atomic E-state index is 0.0307. The number of benzene rings is 1. The van der Waals surface area contributed by atoms with Crippen LogP contribution in [0.2, 0.25) is 0 Å². The van der Waals surface area contributed by atoms with Crippen LogP contribution in [0.25, 0.3) is 0 Å². The summed E-state index contributed by atoms with van der Waals surface area (Å²) >= 11 is 0. The highest BCUT2D eigenvalue weighted by Crippen LogP contribution is 2.27. The highest BCUT2D eigenvalue weighted by atomic mass is 19.4. The van der Waals surface area contributed by atoms with Gasteiger partial charge in [0.15, 0.2) is 0 Å². The van der Waals surface area contributed by atoms with E-state index in [4.69, 9.17) is 5.11 Å². The Labute approximate surface area is 124 Å². The number of rotatable bonds is 4. The van der Waals surface area contributed by atoms with Gasteiger partial charge in [0, 0.05) is 18.5 Å². The molecule has 4 nitrogen and oxygen atoms in total. The lowest BCUT2D eigenvalue weighted by atomic mass is 10.1. The summed E-state index contributed by atoms with van der Waals surface area (Å²) in [5.74, 6) is -0.545. The van der Waals surface area contributed by atoms with Crippen LogP contribution >= 0.6 is 0 Å². The van der Waals surface area contributed by atoms with Gasteiger partial charge in [0.2, 0.25) is 0 Å². The van der Waals surface area contributed by atoms with E-state index in [9.17, 15) is 18.0 Å². The van der Waals surface area contributed by atoms with E-state index in [2.05, 4.69) is 10.3 Å². The molecule has 0 bridgehead atoms. The first-order chi connectivity index (χ1) is 10.4. The zero-order chi connectivity index (χ0) is 16.2. The summed E-state index contributed by atoms with van der Waals surface area (Å²) in [5, 5.41) is 11.4. The fraction of sp³-hybridized carbons (Fsp3) is 0.200. The fourth-order valence-electron chi connectivity index (χ4n) is 1.78. The number of amides is 1. The number of aliphatic hydroxyl groups is 1. The lowest BCUT2D eigenvalue weighted by molar-refractivity contribution is -0.141. The van der Waals surface area contributed by atoms with E-state index in [1.54, 1.807) is 24.3 Å². The summed E-state index contributed by atoms with van der Waals surface area (Å²) in [6.07, 6.45) is -3.13. The maximum atomic E-state index is 12.4. The number of alkyl halides is 3. The van der Waals surface area contributed by atoms with Crippen LogP contribution in [-0.2, 0) is 12.6 Å². The molecule has 0 saturated carbocycles. The van der Waals surface area contributed by atoms with Crippen molar-refractivity contribution in [1.29, 1.82) is 0 Å². The maximum absolute atomic E-state index is 12.4. The van der Waals surface area contributed by atoms with Crippen molar-refractivity contribution in [2.24, 2.45) is 0 Å². The highest BCUT2D eigenvalue weighted by molar-refractivity contribution is 6.04. The summed E-state index contributed by atoms with van der Waals surface area (Å²) in [7, 11) is 0. The van der Waals surface area contributed by atoms with Gasteiger partial charge in [-0.2, -0.15) is 13.2 Å². The second kappa shape index (κ2) is 6.57. The van der Waals surface area contributed by atoms with Gasteiger partial charge in [-0.25, -0.2) is 0 Å². The van der Waals surface area contributed by atoms with Crippen LogP contribution in [0.15, 0.2) is 42.6 Å². The summed E-state index contributed by atoms with van der Waals surface area (Å²) < 4.78 is 37.2. The molecule has 0 atom stereocenters. The molecule has 0 unspecified atom stereocenters. The van der Waals surface area contributed by atoms with E-state index in [0.29, 0.717) is 12.1 Å². The molecule has 1 heterocycles. The first-order valence-corrected chi connectivity index (χ1v) is 6.44. The highest BCUT2D eigenvalue weighted by Gasteiger charge is 2.32. The van der Waals surface area contributed by atoms with Crippen LogP contribution in [-0.4, -0.2) is 22.6 Å². The van der Waals surface area contributed by atoms with Gasteiger partial charge in [-0.15, -0.1) is 0 Å². The summed E-state index contributed by atoms with van der Waals surface area (Å²) in [5.41, 5.74) is 0.410. The average molecular weight is 310 g/mol. The van der Waals surface area contributed by atoms with Gasteiger partial charge in [0.1, 0.15) is 5.69 Å². The SMILES string of the molecule is O=C(Nc1ccc(CCO)cc1)c1ccc(C(F)(F)F)nc1. The molecule has 2 rings (SSSR count). The molecule has 116 valence electrons. The molecule has 0 aliphatic heterocycles. The zero-order valence-corrected chi connectivity index (χ0v) is 11.4. The molecule has 2 N–H and O–H groups in total. The number of aromatic nitrogens is 1. The number of nitrogens with one attached hydrogen (secondary N) is 1. The predicted octanol–water partition coefficient (Wildman–Crippen LogP) is 2.89. The Balaban J connectivity index is 2.05. The minimum Gasteiger partial charge on any atom is -0.396 e. The summed E-state index contributed by atoms with van der Waals surface area (Å²) in [4.78, 5) is 15.2. The molecule has 1 aromatic heterocycles. The van der Waals surface area contributed by atoms with E-state index >= 15 is 0 Å². The van der Waals surface area contributed by atoms with E-state index in [-0.39, 0.29) is 12.2 Å². The quantitative estimate of drug-likeness (QED) is 0.913. The zero-order valence-electron chi connectivity index (χ0n) is 11.4. The van der Waals surface area contributed by atoms with E-state index in [1.165, 1.54) is 0 Å². The molecule has 0 aliphatic rings. The number of aliphatic hydroxyl groups excluding tert-OH is 1. The molecule has 2 aromatic rings. The van der Waals surface area contributed by atoms with Crippen LogP contribution in [0, 0.1) is 0 Å². The Bertz CT molecular complexity index is 637. The fourth-order valence-corrected chi connectivity index (χ4v) is 1.78. The molecular weight excluding hydrogens is 297 g/mol. The third kappa shape index (κ3) is 4.05. The number of hydrogen-bond donors (Lipinski definition) is 2. The van der Waals surface area contributed by atoms with Crippen LogP contribution in [0.3, 0.4) is 0 Å². The van der Waals surface area contributed by atoms with Crippen molar-refractivity contribution in [3.05, 3.63) is 59.4 Å². The largest absolute Gasteiger partial charge is 0.433 e. The van der Waals surface area contributed by atoms with Crippen molar-refractivity contribution in [3.8, 4) is 0 Å². The van der Waals surface area contributed by atoms with E-state index in [0.717, 1.165) is 23.9 Å². The molecule has 0 radical (unpaired) electrons. The van der Waals surface area contributed by atoms with Crippen molar-refractivity contribution < 1.29 is 23.1 Å². The molecule has 7 heteroatoms.